The number of aliphatic hydroxyl groups is 4. The van der Waals surface area contributed by atoms with Gasteiger partial charge in [0, 0.05) is 23.6 Å². The van der Waals surface area contributed by atoms with Crippen molar-refractivity contribution in [3.63, 3.8) is 0 Å². The van der Waals surface area contributed by atoms with E-state index in [2.05, 4.69) is 0 Å². The Labute approximate surface area is 182 Å². The van der Waals surface area contributed by atoms with Crippen LogP contribution in [0.5, 0.6) is 23.0 Å². The molecule has 5 atom stereocenters. The first-order valence-corrected chi connectivity index (χ1v) is 9.74. The molecule has 0 aliphatic carbocycles. The minimum Gasteiger partial charge on any atom is -0.507 e. The molecule has 0 bridgehead atoms. The van der Waals surface area contributed by atoms with Gasteiger partial charge in [0.25, 0.3) is 0 Å². The maximum Gasteiger partial charge on any atom is 0.348 e. The van der Waals surface area contributed by atoms with Crippen LogP contribution in [0.15, 0.2) is 37.9 Å². The van der Waals surface area contributed by atoms with Crippen LogP contribution >= 0.6 is 0 Å². The topological polar surface area (TPSA) is 203 Å². The van der Waals surface area contributed by atoms with Crippen molar-refractivity contribution in [2.24, 2.45) is 0 Å². The van der Waals surface area contributed by atoms with Gasteiger partial charge < -0.3 is 54.1 Å². The summed E-state index contributed by atoms with van der Waals surface area (Å²) in [6, 6.07) is 4.57. The van der Waals surface area contributed by atoms with Gasteiger partial charge in [-0.05, 0) is 6.07 Å². The lowest BCUT2D eigenvalue weighted by Crippen LogP contribution is -2.60. The molecule has 0 amide bonds. The summed E-state index contributed by atoms with van der Waals surface area (Å²) in [4.78, 5) is 12.6. The van der Waals surface area contributed by atoms with E-state index < -0.39 is 60.2 Å². The highest BCUT2D eigenvalue weighted by Crippen LogP contribution is 2.41. The van der Waals surface area contributed by atoms with Crippen molar-refractivity contribution in [2.45, 2.75) is 30.7 Å². The Kier molecular flexibility index (Phi) is 4.84. The highest BCUT2D eigenvalue weighted by Gasteiger charge is 2.44. The Morgan fingerprint density at radius 2 is 1.55 bits per heavy atom. The summed E-state index contributed by atoms with van der Waals surface area (Å²) in [6.45, 7) is -0.655. The first kappa shape index (κ1) is 21.3. The lowest BCUT2D eigenvalue weighted by Gasteiger charge is -2.39. The van der Waals surface area contributed by atoms with Gasteiger partial charge >= 0.3 is 5.63 Å². The number of aliphatic hydroxyl groups excluding tert-OH is 4. The molecule has 2 aromatic carbocycles. The minimum atomic E-state index is -1.69. The van der Waals surface area contributed by atoms with Crippen LogP contribution in [0.2, 0.25) is 0 Å². The van der Waals surface area contributed by atoms with Crippen molar-refractivity contribution in [3.05, 3.63) is 34.7 Å². The Morgan fingerprint density at radius 1 is 0.818 bits per heavy atom. The quantitative estimate of drug-likeness (QED) is 0.159. The molecular weight excluding hydrogens is 444 g/mol. The van der Waals surface area contributed by atoms with Crippen molar-refractivity contribution >= 4 is 32.9 Å². The first-order chi connectivity index (χ1) is 15.7. The normalized spacial score (nSPS) is 25.8. The molecule has 7 N–H and O–H groups in total. The SMILES string of the molecule is O=c1oc2cc(O[C@H]3O[C@@H](CO)[C@H](O)[C@@H](O)[C@@H]3O)cc(O)c2c2oc3cc(O)c(O)cc3c12. The van der Waals surface area contributed by atoms with Gasteiger partial charge in [-0.2, -0.15) is 0 Å². The number of benzene rings is 2. The number of ether oxygens (including phenoxy) is 2. The third-order valence-electron chi connectivity index (χ3n) is 5.57. The first-order valence-electron chi connectivity index (χ1n) is 9.74. The van der Waals surface area contributed by atoms with E-state index in [0.29, 0.717) is 0 Å². The van der Waals surface area contributed by atoms with E-state index in [-0.39, 0.29) is 38.7 Å². The fourth-order valence-corrected chi connectivity index (χ4v) is 3.90. The number of phenols is 3. The Balaban J connectivity index is 1.61. The molecule has 1 fully saturated rings. The average Bonchev–Trinajstić information content (AvgIpc) is 3.12. The van der Waals surface area contributed by atoms with Crippen molar-refractivity contribution in [1.29, 1.82) is 0 Å². The van der Waals surface area contributed by atoms with Crippen LogP contribution in [-0.4, -0.2) is 73.1 Å². The average molecular weight is 462 g/mol. The van der Waals surface area contributed by atoms with Crippen LogP contribution in [0, 0.1) is 0 Å². The molecule has 4 aromatic rings. The summed E-state index contributed by atoms with van der Waals surface area (Å²) in [7, 11) is 0. The summed E-state index contributed by atoms with van der Waals surface area (Å²) in [5.41, 5.74) is -0.996. The lowest BCUT2D eigenvalue weighted by atomic mass is 9.99. The number of fused-ring (bicyclic) bond motifs is 5. The van der Waals surface area contributed by atoms with E-state index >= 15 is 0 Å². The zero-order chi connectivity index (χ0) is 23.6. The predicted octanol–water partition coefficient (Wildman–Crippen LogP) is -0.0121. The Morgan fingerprint density at radius 3 is 2.27 bits per heavy atom. The number of hydrogen-bond acceptors (Lipinski definition) is 12. The molecule has 12 nitrogen and oxygen atoms in total. The summed E-state index contributed by atoms with van der Waals surface area (Å²) in [5.74, 6) is -1.50. The largest absolute Gasteiger partial charge is 0.507 e. The van der Waals surface area contributed by atoms with Crippen LogP contribution in [-0.2, 0) is 4.74 Å². The van der Waals surface area contributed by atoms with E-state index in [1.165, 1.54) is 6.07 Å². The van der Waals surface area contributed by atoms with Crippen LogP contribution in [0.4, 0.5) is 0 Å². The number of aromatic hydroxyl groups is 3. The van der Waals surface area contributed by atoms with Crippen molar-refractivity contribution < 1.29 is 54.1 Å². The van der Waals surface area contributed by atoms with Gasteiger partial charge in [0.2, 0.25) is 6.29 Å². The molecular formula is C21H18O12. The maximum absolute atomic E-state index is 12.6. The third kappa shape index (κ3) is 3.23. The van der Waals surface area contributed by atoms with Crippen molar-refractivity contribution in [3.8, 4) is 23.0 Å². The summed E-state index contributed by atoms with van der Waals surface area (Å²) >= 11 is 0. The standard InChI is InChI=1S/C21H18O12/c22-5-13-16(26)17(27)18(28)21(33-13)30-6-1-10(25)15-12(2-6)32-20(29)14-7-3-8(23)9(24)4-11(7)31-19(14)15/h1-4,13,16-18,21-28H,5H2/t13-,16-,17+,18-,21-/m0/s1. The third-order valence-corrected chi connectivity index (χ3v) is 5.57. The van der Waals surface area contributed by atoms with Gasteiger partial charge in [0.05, 0.1) is 6.61 Å². The van der Waals surface area contributed by atoms with E-state index in [9.17, 15) is 40.5 Å². The smallest absolute Gasteiger partial charge is 0.348 e. The van der Waals surface area contributed by atoms with Gasteiger partial charge in [-0.1, -0.05) is 0 Å². The molecule has 1 aliphatic rings. The predicted molar refractivity (Wildman–Crippen MR) is 109 cm³/mol. The van der Waals surface area contributed by atoms with Crippen LogP contribution in [0.1, 0.15) is 0 Å². The molecule has 2 aromatic heterocycles. The number of rotatable bonds is 3. The number of phenolic OH excluding ortho intramolecular Hbond substituents is 3. The van der Waals surface area contributed by atoms with Gasteiger partial charge in [0.15, 0.2) is 17.1 Å². The molecule has 3 heterocycles. The van der Waals surface area contributed by atoms with E-state index in [1.807, 2.05) is 0 Å². The molecule has 0 spiro atoms. The minimum absolute atomic E-state index is 0.000863. The second kappa shape index (κ2) is 7.50. The molecule has 1 saturated heterocycles. The molecule has 5 rings (SSSR count). The highest BCUT2D eigenvalue weighted by molar-refractivity contribution is 6.15. The zero-order valence-corrected chi connectivity index (χ0v) is 16.6. The molecule has 12 heteroatoms. The van der Waals surface area contributed by atoms with Crippen molar-refractivity contribution in [1.82, 2.24) is 0 Å². The maximum atomic E-state index is 12.6. The summed E-state index contributed by atoms with van der Waals surface area (Å²) in [6.07, 6.45) is -7.66. The fraction of sp³-hybridized carbons (Fsp3) is 0.286. The van der Waals surface area contributed by atoms with Gasteiger partial charge in [-0.25, -0.2) is 4.79 Å². The summed E-state index contributed by atoms with van der Waals surface area (Å²) in [5, 5.41) is 69.4. The van der Waals surface area contributed by atoms with Crippen LogP contribution < -0.4 is 10.4 Å². The molecule has 0 radical (unpaired) electrons. The second-order valence-corrected chi connectivity index (χ2v) is 7.66. The molecule has 0 unspecified atom stereocenters. The van der Waals surface area contributed by atoms with E-state index in [1.54, 1.807) is 0 Å². The van der Waals surface area contributed by atoms with Crippen molar-refractivity contribution in [2.75, 3.05) is 6.61 Å². The lowest BCUT2D eigenvalue weighted by molar-refractivity contribution is -0.277. The highest BCUT2D eigenvalue weighted by atomic mass is 16.7. The fourth-order valence-electron chi connectivity index (χ4n) is 3.90. The van der Waals surface area contributed by atoms with Crippen LogP contribution in [0.25, 0.3) is 32.9 Å². The monoisotopic (exact) mass is 462 g/mol. The zero-order valence-electron chi connectivity index (χ0n) is 16.6. The van der Waals surface area contributed by atoms with Gasteiger partial charge in [0.1, 0.15) is 57.9 Å². The summed E-state index contributed by atoms with van der Waals surface area (Å²) < 4.78 is 21.7. The molecule has 33 heavy (non-hydrogen) atoms. The molecule has 174 valence electrons. The van der Waals surface area contributed by atoms with Gasteiger partial charge in [-0.3, -0.25) is 0 Å². The second-order valence-electron chi connectivity index (χ2n) is 7.66. The number of furan rings is 1. The van der Waals surface area contributed by atoms with E-state index in [0.717, 1.165) is 18.2 Å². The Bertz CT molecular complexity index is 1430. The number of hydrogen-bond donors (Lipinski definition) is 7. The molecule has 0 saturated carbocycles. The van der Waals surface area contributed by atoms with Crippen LogP contribution in [0.3, 0.4) is 0 Å². The van der Waals surface area contributed by atoms with E-state index in [4.69, 9.17) is 18.3 Å². The van der Waals surface area contributed by atoms with Gasteiger partial charge in [-0.15, -0.1) is 0 Å². The molecule has 1 aliphatic heterocycles. The Hall–Kier alpha value is -3.55.